The number of piperidine rings is 1. The average Bonchev–Trinajstić information content (AvgIpc) is 2.52. The van der Waals surface area contributed by atoms with E-state index in [1.165, 1.54) is 32.1 Å². The van der Waals surface area contributed by atoms with Gasteiger partial charge in [0.25, 0.3) is 0 Å². The van der Waals surface area contributed by atoms with Gasteiger partial charge in [-0.3, -0.25) is 9.59 Å². The second-order valence-corrected chi connectivity index (χ2v) is 10.9. The van der Waals surface area contributed by atoms with E-state index in [4.69, 9.17) is 4.74 Å². The van der Waals surface area contributed by atoms with Crippen LogP contribution in [-0.2, 0) is 14.3 Å². The predicted molar refractivity (Wildman–Crippen MR) is 99.3 cm³/mol. The van der Waals surface area contributed by atoms with Crippen molar-refractivity contribution in [3.05, 3.63) is 0 Å². The Bertz CT molecular complexity index is 549. The normalized spacial score (nSPS) is 42.5. The number of rotatable bonds is 4. The summed E-state index contributed by atoms with van der Waals surface area (Å²) in [6.07, 6.45) is 10.0. The van der Waals surface area contributed by atoms with Gasteiger partial charge < -0.3 is 9.64 Å². The Hall–Kier alpha value is -0.580. The molecule has 3 atom stereocenters. The molecule has 5 heteroatoms. The van der Waals surface area contributed by atoms with Crippen molar-refractivity contribution >= 4 is 27.8 Å². The minimum Gasteiger partial charge on any atom is -0.466 e. The third-order valence-electron chi connectivity index (χ3n) is 7.03. The molecule has 5 aliphatic rings. The molecule has 0 N–H and O–H groups in total. The van der Waals surface area contributed by atoms with E-state index >= 15 is 0 Å². The van der Waals surface area contributed by atoms with E-state index in [1.807, 2.05) is 11.8 Å². The molecule has 0 aromatic heterocycles. The Labute approximate surface area is 159 Å². The lowest BCUT2D eigenvalue weighted by Gasteiger charge is -2.60. The topological polar surface area (TPSA) is 46.6 Å². The molecule has 25 heavy (non-hydrogen) atoms. The van der Waals surface area contributed by atoms with Gasteiger partial charge in [-0.1, -0.05) is 15.9 Å². The van der Waals surface area contributed by atoms with Gasteiger partial charge in [-0.05, 0) is 75.5 Å². The molecule has 0 spiro atoms. The van der Waals surface area contributed by atoms with Gasteiger partial charge in [0.15, 0.2) is 0 Å². The fourth-order valence-corrected chi connectivity index (χ4v) is 8.14. The van der Waals surface area contributed by atoms with Crippen LogP contribution in [0.15, 0.2) is 0 Å². The van der Waals surface area contributed by atoms with Gasteiger partial charge >= 0.3 is 5.97 Å². The van der Waals surface area contributed by atoms with Crippen LogP contribution in [0.2, 0.25) is 0 Å². The summed E-state index contributed by atoms with van der Waals surface area (Å²) in [4.78, 5) is 27.1. The van der Waals surface area contributed by atoms with Gasteiger partial charge in [0, 0.05) is 23.8 Å². The minimum atomic E-state index is -0.130. The second kappa shape index (κ2) is 6.54. The molecule has 3 unspecified atom stereocenters. The molecule has 4 aliphatic carbocycles. The molecular formula is C20H30BrNO3. The first kappa shape index (κ1) is 17.8. The molecule has 1 saturated heterocycles. The molecule has 5 rings (SSSR count). The first-order chi connectivity index (χ1) is 11.9. The highest BCUT2D eigenvalue weighted by Gasteiger charge is 2.57. The van der Waals surface area contributed by atoms with E-state index in [2.05, 4.69) is 15.9 Å². The van der Waals surface area contributed by atoms with Crippen molar-refractivity contribution in [2.24, 2.45) is 23.2 Å². The van der Waals surface area contributed by atoms with Crippen LogP contribution in [0.3, 0.4) is 0 Å². The Balaban J connectivity index is 1.41. The van der Waals surface area contributed by atoms with Crippen molar-refractivity contribution in [1.29, 1.82) is 0 Å². The molecule has 1 aliphatic heterocycles. The molecule has 4 saturated carbocycles. The summed E-state index contributed by atoms with van der Waals surface area (Å²) in [6, 6.07) is 0. The molecular weight excluding hydrogens is 382 g/mol. The van der Waals surface area contributed by atoms with E-state index < -0.39 is 0 Å². The summed E-state index contributed by atoms with van der Waals surface area (Å²) in [5.74, 6) is 1.63. The van der Waals surface area contributed by atoms with E-state index in [0.717, 1.165) is 37.6 Å². The van der Waals surface area contributed by atoms with E-state index in [0.29, 0.717) is 23.9 Å². The number of carbonyl (C=O) groups excluding carboxylic acids is 2. The van der Waals surface area contributed by atoms with Crippen LogP contribution in [0.4, 0.5) is 0 Å². The van der Waals surface area contributed by atoms with Crippen molar-refractivity contribution in [3.8, 4) is 0 Å². The molecule has 0 aromatic carbocycles. The highest BCUT2D eigenvalue weighted by Crippen LogP contribution is 2.65. The van der Waals surface area contributed by atoms with Crippen LogP contribution in [0, 0.1) is 23.2 Å². The van der Waals surface area contributed by atoms with Gasteiger partial charge in [-0.25, -0.2) is 0 Å². The van der Waals surface area contributed by atoms with Gasteiger partial charge in [0.05, 0.1) is 12.5 Å². The summed E-state index contributed by atoms with van der Waals surface area (Å²) in [6.45, 7) is 3.62. The van der Waals surface area contributed by atoms with Crippen molar-refractivity contribution in [3.63, 3.8) is 0 Å². The monoisotopic (exact) mass is 411 g/mol. The van der Waals surface area contributed by atoms with Gasteiger partial charge in [-0.15, -0.1) is 0 Å². The van der Waals surface area contributed by atoms with Crippen LogP contribution >= 0.6 is 15.9 Å². The summed E-state index contributed by atoms with van der Waals surface area (Å²) in [5, 5.41) is 0. The number of hydrogen-bond donors (Lipinski definition) is 0. The number of likely N-dealkylation sites (tertiary alicyclic amines) is 1. The molecule has 0 radical (unpaired) electrons. The molecule has 4 bridgehead atoms. The quantitative estimate of drug-likeness (QED) is 0.520. The molecule has 1 heterocycles. The second-order valence-electron chi connectivity index (χ2n) is 9.22. The number of nitrogens with zero attached hydrogens (tertiary/aromatic N) is 1. The SMILES string of the molecule is CCOC(=O)C1CCCN(C(=O)CC23CC4CC(CC(Br)(C4)C2)C3)C1. The molecule has 140 valence electrons. The fourth-order valence-electron chi connectivity index (χ4n) is 6.63. The zero-order chi connectivity index (χ0) is 17.7. The largest absolute Gasteiger partial charge is 0.466 e. The van der Waals surface area contributed by atoms with Crippen molar-refractivity contribution in [2.75, 3.05) is 19.7 Å². The highest BCUT2D eigenvalue weighted by molar-refractivity contribution is 9.10. The lowest BCUT2D eigenvalue weighted by atomic mass is 9.48. The standard InChI is InChI=1S/C20H30BrNO3/c1-2-25-18(24)16-4-3-5-22(12-16)17(23)11-19-7-14-6-15(8-19)10-20(21,9-14)13-19/h14-16H,2-13H2,1H3. The van der Waals surface area contributed by atoms with Gasteiger partial charge in [-0.2, -0.15) is 0 Å². The van der Waals surface area contributed by atoms with E-state index in [-0.39, 0.29) is 23.2 Å². The maximum Gasteiger partial charge on any atom is 0.310 e. The zero-order valence-corrected chi connectivity index (χ0v) is 16.9. The van der Waals surface area contributed by atoms with Crippen LogP contribution < -0.4 is 0 Å². The van der Waals surface area contributed by atoms with Crippen molar-refractivity contribution in [1.82, 2.24) is 4.90 Å². The Kier molecular flexibility index (Phi) is 4.66. The Morgan fingerprint density at radius 1 is 1.20 bits per heavy atom. The minimum absolute atomic E-state index is 0.128. The number of amides is 1. The number of hydrogen-bond acceptors (Lipinski definition) is 3. The maximum atomic E-state index is 13.1. The first-order valence-electron chi connectivity index (χ1n) is 10.0. The van der Waals surface area contributed by atoms with Crippen molar-refractivity contribution in [2.45, 2.75) is 69.0 Å². The number of alkyl halides is 1. The van der Waals surface area contributed by atoms with Crippen molar-refractivity contribution < 1.29 is 14.3 Å². The maximum absolute atomic E-state index is 13.1. The molecule has 4 nitrogen and oxygen atoms in total. The summed E-state index contributed by atoms with van der Waals surface area (Å²) in [5.41, 5.74) is 0.210. The summed E-state index contributed by atoms with van der Waals surface area (Å²) >= 11 is 4.04. The highest BCUT2D eigenvalue weighted by atomic mass is 79.9. The first-order valence-corrected chi connectivity index (χ1v) is 10.8. The van der Waals surface area contributed by atoms with E-state index in [1.54, 1.807) is 0 Å². The average molecular weight is 412 g/mol. The van der Waals surface area contributed by atoms with Crippen LogP contribution in [0.5, 0.6) is 0 Å². The number of ether oxygens (including phenoxy) is 1. The molecule has 1 amide bonds. The Morgan fingerprint density at radius 3 is 2.56 bits per heavy atom. The van der Waals surface area contributed by atoms with Crippen LogP contribution in [0.1, 0.15) is 64.7 Å². The predicted octanol–water partition coefficient (Wildman–Crippen LogP) is 3.91. The lowest BCUT2D eigenvalue weighted by molar-refractivity contribution is -0.152. The molecule has 5 fully saturated rings. The third-order valence-corrected chi connectivity index (χ3v) is 7.96. The fraction of sp³-hybridized carbons (Fsp3) is 0.900. The third kappa shape index (κ3) is 3.50. The summed E-state index contributed by atoms with van der Waals surface area (Å²) < 4.78 is 5.47. The number of carbonyl (C=O) groups is 2. The van der Waals surface area contributed by atoms with E-state index in [9.17, 15) is 9.59 Å². The van der Waals surface area contributed by atoms with Gasteiger partial charge in [0.1, 0.15) is 0 Å². The number of esters is 1. The Morgan fingerprint density at radius 2 is 1.92 bits per heavy atom. The summed E-state index contributed by atoms with van der Waals surface area (Å²) in [7, 11) is 0. The van der Waals surface area contributed by atoms with Crippen LogP contribution in [-0.4, -0.2) is 40.8 Å². The van der Waals surface area contributed by atoms with Gasteiger partial charge in [0.2, 0.25) is 5.91 Å². The smallest absolute Gasteiger partial charge is 0.310 e. The lowest BCUT2D eigenvalue weighted by Crippen LogP contribution is -2.54. The zero-order valence-electron chi connectivity index (χ0n) is 15.3. The number of halogens is 1. The molecule has 0 aromatic rings. The van der Waals surface area contributed by atoms with Crippen LogP contribution in [0.25, 0.3) is 0 Å².